The number of esters is 1. The number of hydrogen-bond donors (Lipinski definition) is 1. The maximum atomic E-state index is 12.3. The van der Waals surface area contributed by atoms with Crippen molar-refractivity contribution in [3.8, 4) is 0 Å². The fourth-order valence-electron chi connectivity index (χ4n) is 3.16. The molecule has 1 amide bonds. The van der Waals surface area contributed by atoms with Crippen molar-refractivity contribution in [2.75, 3.05) is 0 Å². The van der Waals surface area contributed by atoms with Crippen LogP contribution in [0.1, 0.15) is 37.9 Å². The highest BCUT2D eigenvalue weighted by Crippen LogP contribution is 2.45. The average molecular weight is 263 g/mol. The molecule has 2 fully saturated rings. The zero-order valence-electron chi connectivity index (χ0n) is 10.7. The van der Waals surface area contributed by atoms with Gasteiger partial charge in [0, 0.05) is 0 Å². The first-order chi connectivity index (χ1) is 9.20. The molecule has 19 heavy (non-hydrogen) atoms. The Balaban J connectivity index is 1.66. The molecule has 1 atom stereocenters. The van der Waals surface area contributed by atoms with Crippen molar-refractivity contribution < 1.29 is 18.7 Å². The van der Waals surface area contributed by atoms with E-state index in [-0.39, 0.29) is 24.2 Å². The minimum atomic E-state index is -0.537. The molecule has 2 heterocycles. The maximum absolute atomic E-state index is 12.3. The van der Waals surface area contributed by atoms with Crippen molar-refractivity contribution in [3.63, 3.8) is 0 Å². The molecule has 1 N–H and O–H groups in total. The van der Waals surface area contributed by atoms with Gasteiger partial charge in [-0.25, -0.2) is 0 Å². The Morgan fingerprint density at radius 2 is 2.21 bits per heavy atom. The third-order valence-corrected chi connectivity index (χ3v) is 4.11. The zero-order chi connectivity index (χ0) is 13.3. The lowest BCUT2D eigenvalue weighted by Gasteiger charge is -2.27. The van der Waals surface area contributed by atoms with Gasteiger partial charge in [0.2, 0.25) is 5.91 Å². The summed E-state index contributed by atoms with van der Waals surface area (Å²) in [5.41, 5.74) is -0.537. The van der Waals surface area contributed by atoms with Crippen LogP contribution in [-0.2, 0) is 20.9 Å². The van der Waals surface area contributed by atoms with Crippen molar-refractivity contribution in [2.24, 2.45) is 5.92 Å². The van der Waals surface area contributed by atoms with Gasteiger partial charge in [-0.2, -0.15) is 0 Å². The Labute approximate surface area is 111 Å². The number of carbonyl (C=O) groups excluding carboxylic acids is 2. The molecule has 3 rings (SSSR count). The van der Waals surface area contributed by atoms with Crippen LogP contribution in [0.5, 0.6) is 0 Å². The lowest BCUT2D eigenvalue weighted by Crippen LogP contribution is -2.42. The monoisotopic (exact) mass is 263 g/mol. The number of nitrogens with one attached hydrogen (secondary N) is 1. The van der Waals surface area contributed by atoms with Gasteiger partial charge in [-0.1, -0.05) is 0 Å². The maximum Gasteiger partial charge on any atom is 0.307 e. The summed E-state index contributed by atoms with van der Waals surface area (Å²) in [6, 6.07) is 3.59. The van der Waals surface area contributed by atoms with E-state index in [4.69, 9.17) is 9.15 Å². The number of amides is 1. The van der Waals surface area contributed by atoms with Crippen molar-refractivity contribution >= 4 is 11.9 Å². The molecule has 1 aliphatic carbocycles. The summed E-state index contributed by atoms with van der Waals surface area (Å²) in [5.74, 6) is 0.000671. The predicted octanol–water partition coefficient (Wildman–Crippen LogP) is 1.77. The molecule has 1 saturated heterocycles. The van der Waals surface area contributed by atoms with E-state index in [1.807, 2.05) is 6.07 Å². The molecule has 5 nitrogen and oxygen atoms in total. The Morgan fingerprint density at radius 1 is 1.42 bits per heavy atom. The second kappa shape index (κ2) is 4.72. The number of carbonyl (C=O) groups is 2. The summed E-state index contributed by atoms with van der Waals surface area (Å²) in [6.07, 6.45) is 5.42. The molecular weight excluding hydrogens is 246 g/mol. The first kappa shape index (κ1) is 12.3. The molecule has 1 aliphatic heterocycles. The summed E-state index contributed by atoms with van der Waals surface area (Å²) in [5, 5.41) is 2.83. The van der Waals surface area contributed by atoms with Gasteiger partial charge in [-0.05, 0) is 37.8 Å². The van der Waals surface area contributed by atoms with Crippen LogP contribution in [0.3, 0.4) is 0 Å². The van der Waals surface area contributed by atoms with E-state index in [1.54, 1.807) is 12.3 Å². The second-order valence-corrected chi connectivity index (χ2v) is 5.30. The molecule has 5 heteroatoms. The number of rotatable bonds is 3. The molecule has 1 saturated carbocycles. The second-order valence-electron chi connectivity index (χ2n) is 5.30. The van der Waals surface area contributed by atoms with E-state index in [2.05, 4.69) is 5.32 Å². The van der Waals surface area contributed by atoms with Gasteiger partial charge in [0.25, 0.3) is 0 Å². The van der Waals surface area contributed by atoms with Gasteiger partial charge in [0.05, 0.1) is 25.1 Å². The molecule has 0 radical (unpaired) electrons. The third kappa shape index (κ3) is 2.25. The van der Waals surface area contributed by atoms with E-state index in [1.165, 1.54) is 0 Å². The number of ether oxygens (including phenoxy) is 1. The fraction of sp³-hybridized carbons (Fsp3) is 0.571. The van der Waals surface area contributed by atoms with Crippen molar-refractivity contribution in [2.45, 2.75) is 44.2 Å². The smallest absolute Gasteiger partial charge is 0.307 e. The minimum absolute atomic E-state index is 0.107. The Hall–Kier alpha value is -1.78. The summed E-state index contributed by atoms with van der Waals surface area (Å²) < 4.78 is 10.6. The highest BCUT2D eigenvalue weighted by Gasteiger charge is 2.53. The van der Waals surface area contributed by atoms with Gasteiger partial charge >= 0.3 is 5.97 Å². The predicted molar refractivity (Wildman–Crippen MR) is 66.0 cm³/mol. The molecule has 0 unspecified atom stereocenters. The quantitative estimate of drug-likeness (QED) is 0.844. The molecule has 1 spiro atoms. The van der Waals surface area contributed by atoms with E-state index in [9.17, 15) is 9.59 Å². The molecule has 2 aliphatic rings. The topological polar surface area (TPSA) is 68.5 Å². The highest BCUT2D eigenvalue weighted by molar-refractivity contribution is 5.87. The van der Waals surface area contributed by atoms with Crippen LogP contribution >= 0.6 is 0 Å². The Kier molecular flexibility index (Phi) is 3.05. The summed E-state index contributed by atoms with van der Waals surface area (Å²) in [4.78, 5) is 23.8. The van der Waals surface area contributed by atoms with Gasteiger partial charge in [-0.15, -0.1) is 0 Å². The zero-order valence-corrected chi connectivity index (χ0v) is 10.7. The highest BCUT2D eigenvalue weighted by atomic mass is 16.6. The minimum Gasteiger partial charge on any atom is -0.467 e. The van der Waals surface area contributed by atoms with Gasteiger partial charge in [0.15, 0.2) is 0 Å². The SMILES string of the molecule is O=C1C[C@H](C(=O)NCc2ccco2)C2(CCCC2)O1. The first-order valence-electron chi connectivity index (χ1n) is 6.72. The molecule has 102 valence electrons. The first-order valence-corrected chi connectivity index (χ1v) is 6.72. The number of hydrogen-bond acceptors (Lipinski definition) is 4. The molecule has 0 bridgehead atoms. The fourth-order valence-corrected chi connectivity index (χ4v) is 3.16. The van der Waals surface area contributed by atoms with Crippen LogP contribution in [0.15, 0.2) is 22.8 Å². The molecule has 0 aromatic carbocycles. The Morgan fingerprint density at radius 3 is 2.89 bits per heavy atom. The summed E-state index contributed by atoms with van der Waals surface area (Å²) >= 11 is 0. The van der Waals surface area contributed by atoms with E-state index >= 15 is 0 Å². The summed E-state index contributed by atoms with van der Waals surface area (Å²) in [7, 11) is 0. The van der Waals surface area contributed by atoms with E-state index in [0.717, 1.165) is 25.7 Å². The lowest BCUT2D eigenvalue weighted by atomic mass is 9.85. The molecule has 1 aromatic heterocycles. The van der Waals surface area contributed by atoms with Crippen molar-refractivity contribution in [1.82, 2.24) is 5.32 Å². The number of furan rings is 1. The van der Waals surface area contributed by atoms with Crippen molar-refractivity contribution in [3.05, 3.63) is 24.2 Å². The average Bonchev–Trinajstić information content (AvgIpc) is 3.10. The van der Waals surface area contributed by atoms with Crippen LogP contribution in [0.4, 0.5) is 0 Å². The van der Waals surface area contributed by atoms with Crippen LogP contribution in [0, 0.1) is 5.92 Å². The van der Waals surface area contributed by atoms with Crippen LogP contribution in [0.25, 0.3) is 0 Å². The molecule has 1 aromatic rings. The normalized spacial score (nSPS) is 24.6. The van der Waals surface area contributed by atoms with E-state index in [0.29, 0.717) is 12.3 Å². The van der Waals surface area contributed by atoms with Gasteiger partial charge in [-0.3, -0.25) is 9.59 Å². The standard InChI is InChI=1S/C14H17NO4/c16-12-8-11(14(19-12)5-1-2-6-14)13(17)15-9-10-4-3-7-18-10/h3-4,7,11H,1-2,5-6,8-9H2,(H,15,17)/t11-/m1/s1. The van der Waals surface area contributed by atoms with Crippen LogP contribution < -0.4 is 5.32 Å². The van der Waals surface area contributed by atoms with Gasteiger partial charge in [0.1, 0.15) is 11.4 Å². The Bertz CT molecular complexity index is 474. The largest absolute Gasteiger partial charge is 0.467 e. The molecular formula is C14H17NO4. The van der Waals surface area contributed by atoms with Crippen molar-refractivity contribution in [1.29, 1.82) is 0 Å². The van der Waals surface area contributed by atoms with Crippen LogP contribution in [-0.4, -0.2) is 17.5 Å². The van der Waals surface area contributed by atoms with Crippen LogP contribution in [0.2, 0.25) is 0 Å². The summed E-state index contributed by atoms with van der Waals surface area (Å²) in [6.45, 7) is 0.354. The van der Waals surface area contributed by atoms with Gasteiger partial charge < -0.3 is 14.5 Å². The van der Waals surface area contributed by atoms with E-state index < -0.39 is 5.60 Å². The lowest BCUT2D eigenvalue weighted by molar-refractivity contribution is -0.150. The third-order valence-electron chi connectivity index (χ3n) is 4.11.